The number of fused-ring (bicyclic) bond motifs is 1. The molecule has 1 aromatic rings. The number of ketones is 1. The molecule has 0 N–H and O–H groups in total. The molecular weight excluding hydrogens is 314 g/mol. The van der Waals surface area contributed by atoms with Crippen LogP contribution in [0, 0.1) is 5.92 Å². The molecule has 1 amide bonds. The second kappa shape index (κ2) is 9.02. The van der Waals surface area contributed by atoms with Crippen molar-refractivity contribution >= 4 is 17.4 Å². The van der Waals surface area contributed by atoms with Crippen LogP contribution in [0.2, 0.25) is 0 Å². The van der Waals surface area contributed by atoms with Crippen molar-refractivity contribution in [3.8, 4) is 5.75 Å². The Balaban J connectivity index is 2.30. The molecule has 138 valence electrons. The smallest absolute Gasteiger partial charge is 0.268 e. The van der Waals surface area contributed by atoms with Crippen LogP contribution in [0.5, 0.6) is 5.75 Å². The third kappa shape index (κ3) is 4.62. The Hall–Kier alpha value is -1.84. The van der Waals surface area contributed by atoms with E-state index in [1.54, 1.807) is 0 Å². The summed E-state index contributed by atoms with van der Waals surface area (Å²) in [7, 11) is 0. The molecule has 1 aliphatic heterocycles. The molecule has 0 spiro atoms. The van der Waals surface area contributed by atoms with Crippen molar-refractivity contribution in [3.63, 3.8) is 0 Å². The minimum Gasteiger partial charge on any atom is -0.478 e. The molecule has 1 aromatic carbocycles. The SMILES string of the molecule is CCCCCCN1C(=O)C(C(C)C)Oc2ccc(C(=O)CCC)cc21. The molecule has 0 aromatic heterocycles. The van der Waals surface area contributed by atoms with Crippen molar-refractivity contribution in [3.05, 3.63) is 23.8 Å². The molecule has 1 aliphatic rings. The molecule has 0 radical (unpaired) electrons. The van der Waals surface area contributed by atoms with Gasteiger partial charge in [0.15, 0.2) is 11.9 Å². The van der Waals surface area contributed by atoms with Gasteiger partial charge in [0.05, 0.1) is 5.69 Å². The van der Waals surface area contributed by atoms with E-state index in [2.05, 4.69) is 6.92 Å². The average molecular weight is 345 g/mol. The van der Waals surface area contributed by atoms with Gasteiger partial charge in [0, 0.05) is 18.5 Å². The predicted octanol–water partition coefficient (Wildman–Crippen LogP) is 5.00. The number of Topliss-reactive ketones (excluding diaryl/α,β-unsaturated/α-hetero) is 1. The summed E-state index contributed by atoms with van der Waals surface area (Å²) in [5.74, 6) is 0.954. The Morgan fingerprint density at radius 2 is 1.92 bits per heavy atom. The van der Waals surface area contributed by atoms with E-state index in [1.807, 2.05) is 43.9 Å². The molecule has 0 saturated carbocycles. The third-order valence-electron chi connectivity index (χ3n) is 4.65. The first-order valence-corrected chi connectivity index (χ1v) is 9.64. The summed E-state index contributed by atoms with van der Waals surface area (Å²) in [6.07, 6.45) is 5.32. The van der Waals surface area contributed by atoms with Crippen LogP contribution >= 0.6 is 0 Å². The molecule has 0 fully saturated rings. The molecule has 4 heteroatoms. The highest BCUT2D eigenvalue weighted by Crippen LogP contribution is 2.37. The summed E-state index contributed by atoms with van der Waals surface area (Å²) in [5.41, 5.74) is 1.42. The topological polar surface area (TPSA) is 46.6 Å². The van der Waals surface area contributed by atoms with Crippen molar-refractivity contribution in [2.45, 2.75) is 72.3 Å². The van der Waals surface area contributed by atoms with Crippen LogP contribution in [0.4, 0.5) is 5.69 Å². The van der Waals surface area contributed by atoms with Crippen molar-refractivity contribution in [1.29, 1.82) is 0 Å². The number of unbranched alkanes of at least 4 members (excludes halogenated alkanes) is 3. The van der Waals surface area contributed by atoms with Crippen LogP contribution in [0.15, 0.2) is 18.2 Å². The van der Waals surface area contributed by atoms with Crippen LogP contribution in [-0.4, -0.2) is 24.3 Å². The second-order valence-corrected chi connectivity index (χ2v) is 7.19. The van der Waals surface area contributed by atoms with Crippen LogP contribution < -0.4 is 9.64 Å². The summed E-state index contributed by atoms with van der Waals surface area (Å²) >= 11 is 0. The normalized spacial score (nSPS) is 16.8. The lowest BCUT2D eigenvalue weighted by Gasteiger charge is -2.36. The monoisotopic (exact) mass is 345 g/mol. The van der Waals surface area contributed by atoms with Gasteiger partial charge in [-0.05, 0) is 37.0 Å². The van der Waals surface area contributed by atoms with E-state index in [-0.39, 0.29) is 17.6 Å². The maximum Gasteiger partial charge on any atom is 0.268 e. The van der Waals surface area contributed by atoms with Gasteiger partial charge in [0.1, 0.15) is 5.75 Å². The van der Waals surface area contributed by atoms with E-state index in [4.69, 9.17) is 4.74 Å². The zero-order chi connectivity index (χ0) is 18.4. The van der Waals surface area contributed by atoms with Crippen molar-refractivity contribution in [2.24, 2.45) is 5.92 Å². The number of carbonyl (C=O) groups excluding carboxylic acids is 2. The minimum atomic E-state index is -0.448. The van der Waals surface area contributed by atoms with Gasteiger partial charge in [-0.3, -0.25) is 9.59 Å². The van der Waals surface area contributed by atoms with Gasteiger partial charge in [-0.2, -0.15) is 0 Å². The largest absolute Gasteiger partial charge is 0.478 e. The molecule has 1 heterocycles. The van der Waals surface area contributed by atoms with E-state index in [0.717, 1.165) is 31.4 Å². The number of nitrogens with zero attached hydrogens (tertiary/aromatic N) is 1. The highest BCUT2D eigenvalue weighted by atomic mass is 16.5. The standard InChI is InChI=1S/C21H31NO3/c1-5-7-8-9-13-22-17-14-16(18(23)10-6-2)11-12-19(17)25-20(15(3)4)21(22)24/h11-12,14-15,20H,5-10,13H2,1-4H3. The first kappa shape index (κ1) is 19.5. The number of carbonyl (C=O) groups is 2. The quantitative estimate of drug-likeness (QED) is 0.467. The lowest BCUT2D eigenvalue weighted by Crippen LogP contribution is -2.48. The fourth-order valence-corrected chi connectivity index (χ4v) is 3.18. The Morgan fingerprint density at radius 3 is 2.56 bits per heavy atom. The number of amides is 1. The third-order valence-corrected chi connectivity index (χ3v) is 4.65. The Morgan fingerprint density at radius 1 is 1.16 bits per heavy atom. The highest BCUT2D eigenvalue weighted by Gasteiger charge is 2.36. The molecule has 0 saturated heterocycles. The van der Waals surface area contributed by atoms with E-state index in [0.29, 0.717) is 24.3 Å². The summed E-state index contributed by atoms with van der Waals surface area (Å²) in [4.78, 5) is 27.0. The maximum absolute atomic E-state index is 12.9. The van der Waals surface area contributed by atoms with Gasteiger partial charge in [-0.15, -0.1) is 0 Å². The molecule has 25 heavy (non-hydrogen) atoms. The summed E-state index contributed by atoms with van der Waals surface area (Å²) in [6.45, 7) is 8.86. The van der Waals surface area contributed by atoms with Gasteiger partial charge in [0.2, 0.25) is 0 Å². The first-order valence-electron chi connectivity index (χ1n) is 9.64. The van der Waals surface area contributed by atoms with Crippen molar-refractivity contribution < 1.29 is 14.3 Å². The van der Waals surface area contributed by atoms with Crippen LogP contribution in [-0.2, 0) is 4.79 Å². The highest BCUT2D eigenvalue weighted by molar-refractivity contribution is 6.03. The summed E-state index contributed by atoms with van der Waals surface area (Å²) < 4.78 is 5.96. The average Bonchev–Trinajstić information content (AvgIpc) is 2.59. The molecule has 2 rings (SSSR count). The lowest BCUT2D eigenvalue weighted by molar-refractivity contribution is -0.128. The molecule has 1 atom stereocenters. The summed E-state index contributed by atoms with van der Waals surface area (Å²) in [6, 6.07) is 5.50. The summed E-state index contributed by atoms with van der Waals surface area (Å²) in [5, 5.41) is 0. The first-order chi connectivity index (χ1) is 12.0. The molecule has 0 aliphatic carbocycles. The maximum atomic E-state index is 12.9. The van der Waals surface area contributed by atoms with E-state index in [9.17, 15) is 9.59 Å². The lowest BCUT2D eigenvalue weighted by atomic mass is 10.0. The van der Waals surface area contributed by atoms with Gasteiger partial charge >= 0.3 is 0 Å². The Bertz CT molecular complexity index is 609. The Kier molecular flexibility index (Phi) is 7.03. The van der Waals surface area contributed by atoms with Gasteiger partial charge in [0.25, 0.3) is 5.91 Å². The zero-order valence-electron chi connectivity index (χ0n) is 16.0. The van der Waals surface area contributed by atoms with Crippen LogP contribution in [0.25, 0.3) is 0 Å². The number of benzene rings is 1. The zero-order valence-corrected chi connectivity index (χ0v) is 16.0. The molecule has 0 bridgehead atoms. The number of hydrogen-bond donors (Lipinski definition) is 0. The number of hydrogen-bond acceptors (Lipinski definition) is 3. The molecular formula is C21H31NO3. The van der Waals surface area contributed by atoms with Crippen molar-refractivity contribution in [2.75, 3.05) is 11.4 Å². The number of anilines is 1. The number of ether oxygens (including phenoxy) is 1. The van der Waals surface area contributed by atoms with Crippen molar-refractivity contribution in [1.82, 2.24) is 0 Å². The molecule has 4 nitrogen and oxygen atoms in total. The van der Waals surface area contributed by atoms with Gasteiger partial charge in [-0.1, -0.05) is 47.0 Å². The van der Waals surface area contributed by atoms with E-state index in [1.165, 1.54) is 6.42 Å². The van der Waals surface area contributed by atoms with Gasteiger partial charge in [-0.25, -0.2) is 0 Å². The van der Waals surface area contributed by atoms with Gasteiger partial charge < -0.3 is 9.64 Å². The number of rotatable bonds is 9. The molecule has 1 unspecified atom stereocenters. The van der Waals surface area contributed by atoms with E-state index < -0.39 is 6.10 Å². The fraction of sp³-hybridized carbons (Fsp3) is 0.619. The fourth-order valence-electron chi connectivity index (χ4n) is 3.18. The Labute approximate surface area is 151 Å². The van der Waals surface area contributed by atoms with Crippen LogP contribution in [0.1, 0.15) is 76.6 Å². The minimum absolute atomic E-state index is 0.0130. The second-order valence-electron chi connectivity index (χ2n) is 7.19. The van der Waals surface area contributed by atoms with Crippen LogP contribution in [0.3, 0.4) is 0 Å². The predicted molar refractivity (Wildman–Crippen MR) is 101 cm³/mol. The van der Waals surface area contributed by atoms with E-state index >= 15 is 0 Å².